The number of hydrogen-bond acceptors (Lipinski definition) is 14. The Morgan fingerprint density at radius 1 is 0.924 bits per heavy atom. The minimum atomic E-state index is -2.78. The Morgan fingerprint density at radius 2 is 1.70 bits per heavy atom. The van der Waals surface area contributed by atoms with E-state index in [9.17, 15) is 18.9 Å². The highest BCUT2D eigenvalue weighted by molar-refractivity contribution is 9.10. The number of anilines is 5. The fourth-order valence-electron chi connectivity index (χ4n) is 9.80. The number of nitrogens with one attached hydrogen (secondary N) is 3. The van der Waals surface area contributed by atoms with Gasteiger partial charge in [-0.25, -0.2) is 4.98 Å². The van der Waals surface area contributed by atoms with Crippen LogP contribution < -0.4 is 35.6 Å². The smallest absolute Gasteiger partial charge is 0.234 e. The molecule has 4 fully saturated rings. The van der Waals surface area contributed by atoms with Crippen molar-refractivity contribution in [3.05, 3.63) is 82.7 Å². The molecule has 5 heterocycles. The number of hydrogen-bond donors (Lipinski definition) is 3. The van der Waals surface area contributed by atoms with Gasteiger partial charge in [-0.05, 0) is 109 Å². The molecule has 1 atom stereocenters. The molecular weight excluding hydrogens is 923 g/mol. The van der Waals surface area contributed by atoms with Crippen LogP contribution in [0.15, 0.2) is 71.6 Å². The van der Waals surface area contributed by atoms with Gasteiger partial charge >= 0.3 is 0 Å². The van der Waals surface area contributed by atoms with Gasteiger partial charge in [0.15, 0.2) is 0 Å². The van der Waals surface area contributed by atoms with Crippen molar-refractivity contribution in [1.82, 2.24) is 35.1 Å². The fraction of sp³-hybridized carbons (Fsp3) is 0.438. The van der Waals surface area contributed by atoms with Crippen molar-refractivity contribution >= 4 is 86.0 Å². The Balaban J connectivity index is 0.773. The van der Waals surface area contributed by atoms with E-state index in [1.165, 1.54) is 5.56 Å². The monoisotopic (exact) mass is 978 g/mol. The number of methoxy groups -OCH3 is 1. The lowest BCUT2D eigenvalue weighted by Gasteiger charge is -2.45. The zero-order valence-electron chi connectivity index (χ0n) is 37.8. The third-order valence-corrected chi connectivity index (χ3v) is 15.5. The first-order valence-corrected chi connectivity index (χ1v) is 26.2. The maximum atomic E-state index is 13.5. The van der Waals surface area contributed by atoms with Crippen LogP contribution in [0.3, 0.4) is 0 Å². The van der Waals surface area contributed by atoms with E-state index < -0.39 is 7.14 Å². The molecule has 0 bridgehead atoms. The summed E-state index contributed by atoms with van der Waals surface area (Å²) in [5, 5.41) is 9.81. The number of fused-ring (bicyclic) bond motifs is 1. The minimum absolute atomic E-state index is 0.0313. The van der Waals surface area contributed by atoms with Crippen LogP contribution in [0.2, 0.25) is 0 Å². The maximum Gasteiger partial charge on any atom is 0.234 e. The van der Waals surface area contributed by atoms with Gasteiger partial charge in [0, 0.05) is 88.0 Å². The molecule has 3 aliphatic heterocycles. The Hall–Kier alpha value is -5.64. The van der Waals surface area contributed by atoms with Gasteiger partial charge in [0.25, 0.3) is 0 Å². The first kappa shape index (κ1) is 45.5. The van der Waals surface area contributed by atoms with Crippen molar-refractivity contribution in [1.29, 1.82) is 0 Å². The molecule has 9 rings (SSSR count). The predicted octanol–water partition coefficient (Wildman–Crippen LogP) is 6.98. The summed E-state index contributed by atoms with van der Waals surface area (Å²) in [7, 11) is -1.11. The highest BCUT2D eigenvalue weighted by atomic mass is 79.9. The van der Waals surface area contributed by atoms with E-state index in [2.05, 4.69) is 75.7 Å². The van der Waals surface area contributed by atoms with Crippen molar-refractivity contribution in [3.63, 3.8) is 0 Å². The largest absolute Gasteiger partial charge is 0.494 e. The summed E-state index contributed by atoms with van der Waals surface area (Å²) in [5.74, 6) is 1.59. The summed E-state index contributed by atoms with van der Waals surface area (Å²) >= 11 is 3.59. The Kier molecular flexibility index (Phi) is 13.3. The molecular formula is C48H56BrN10O6P. The molecule has 346 valence electrons. The fourth-order valence-corrected chi connectivity index (χ4v) is 11.5. The quantitative estimate of drug-likeness (QED) is 0.0811. The van der Waals surface area contributed by atoms with Crippen LogP contribution in [0.25, 0.3) is 11.0 Å². The lowest BCUT2D eigenvalue weighted by Crippen LogP contribution is -2.56. The zero-order chi connectivity index (χ0) is 46.1. The third-order valence-electron chi connectivity index (χ3n) is 13.4. The van der Waals surface area contributed by atoms with E-state index in [4.69, 9.17) is 14.5 Å². The normalized spacial score (nSPS) is 20.7. The number of amides is 3. The SMILES string of the molecule is CCc1cc(Nc2ncc(Br)c(Nc3ccc4nccnc4c3P(C)(C)=O)n2)c(OC)cc1N1CCC(N2CCN(C(=O)[C@H]3C[C@@H](Oc4cccc(C5CCC(=O)NC5=O)c4)C3)CC2)CC1. The average molecular weight is 980 g/mol. The minimum Gasteiger partial charge on any atom is -0.494 e. The van der Waals surface area contributed by atoms with Crippen LogP contribution in [0.1, 0.15) is 62.5 Å². The molecule has 1 unspecified atom stereocenters. The molecule has 1 saturated carbocycles. The van der Waals surface area contributed by atoms with Crippen LogP contribution >= 0.6 is 23.1 Å². The van der Waals surface area contributed by atoms with Gasteiger partial charge in [0.05, 0.1) is 39.7 Å². The number of nitrogens with zero attached hydrogens (tertiary/aromatic N) is 7. The summed E-state index contributed by atoms with van der Waals surface area (Å²) in [4.78, 5) is 62.9. The molecule has 3 saturated heterocycles. The molecule has 4 aliphatic rings. The van der Waals surface area contributed by atoms with Crippen LogP contribution in [-0.4, -0.2) is 119 Å². The van der Waals surface area contributed by atoms with Crippen LogP contribution in [0.5, 0.6) is 11.5 Å². The maximum absolute atomic E-state index is 13.5. The Bertz CT molecular complexity index is 2700. The second-order valence-corrected chi connectivity index (χ2v) is 22.0. The van der Waals surface area contributed by atoms with Gasteiger partial charge in [-0.2, -0.15) is 4.98 Å². The summed E-state index contributed by atoms with van der Waals surface area (Å²) < 4.78 is 26.4. The van der Waals surface area contributed by atoms with Crippen molar-refractivity contribution in [2.24, 2.45) is 5.92 Å². The number of aromatic nitrogens is 4. The van der Waals surface area contributed by atoms with E-state index in [0.717, 1.165) is 75.5 Å². The molecule has 0 spiro atoms. The van der Waals surface area contributed by atoms with Crippen LogP contribution in [0.4, 0.5) is 28.8 Å². The Labute approximate surface area is 393 Å². The average Bonchev–Trinajstić information content (AvgIpc) is 3.30. The summed E-state index contributed by atoms with van der Waals surface area (Å²) in [6.45, 7) is 10.7. The van der Waals surface area contributed by atoms with E-state index in [-0.39, 0.29) is 35.7 Å². The molecule has 3 aromatic carbocycles. The lowest BCUT2D eigenvalue weighted by atomic mass is 9.81. The van der Waals surface area contributed by atoms with Gasteiger partial charge in [-0.3, -0.25) is 34.6 Å². The van der Waals surface area contributed by atoms with Gasteiger partial charge < -0.3 is 34.5 Å². The molecule has 16 nitrogen and oxygen atoms in total. The van der Waals surface area contributed by atoms with Crippen molar-refractivity contribution in [3.8, 4) is 11.5 Å². The standard InChI is InChI=1S/C48H56BrN10O6P/c1-5-29-26-39(54-48-52-28-36(49)45(56-48)53-38-11-10-37-43(51-16-15-50-37)44(38)66(3,4)63)41(64-2)27-40(29)58-17-13-32(14-18-58)57-19-21-59(22-20-57)47(62)31-24-34(25-31)65-33-8-6-7-30(23-33)35-9-12-42(60)55-46(35)61/h6-8,10-11,15-16,23,26-28,31-32,34-35H,5,9,12-14,17-22,24-25H2,1-4H3,(H,55,60,61)(H2,52,53,54,56)/t31-,34+,35?. The molecule has 1 aliphatic carbocycles. The number of halogens is 1. The first-order valence-electron chi connectivity index (χ1n) is 22.8. The van der Waals surface area contributed by atoms with Gasteiger partial charge in [-0.1, -0.05) is 19.1 Å². The number of piperazine rings is 1. The van der Waals surface area contributed by atoms with Crippen LogP contribution in [-0.2, 0) is 25.4 Å². The van der Waals surface area contributed by atoms with Crippen LogP contribution in [0, 0.1) is 5.92 Å². The highest BCUT2D eigenvalue weighted by Crippen LogP contribution is 2.42. The number of carbonyl (C=O) groups excluding carboxylic acids is 3. The number of benzene rings is 3. The van der Waals surface area contributed by atoms with Gasteiger partial charge in [0.1, 0.15) is 36.1 Å². The number of carbonyl (C=O) groups is 3. The first-order chi connectivity index (χ1) is 31.8. The van der Waals surface area contributed by atoms with Gasteiger partial charge in [0.2, 0.25) is 23.7 Å². The second kappa shape index (κ2) is 19.3. The molecule has 5 aromatic rings. The predicted molar refractivity (Wildman–Crippen MR) is 259 cm³/mol. The van der Waals surface area contributed by atoms with E-state index in [0.29, 0.717) is 81.5 Å². The summed E-state index contributed by atoms with van der Waals surface area (Å²) in [6.07, 6.45) is 9.96. The molecule has 3 amide bonds. The molecule has 66 heavy (non-hydrogen) atoms. The third kappa shape index (κ3) is 9.75. The lowest BCUT2D eigenvalue weighted by molar-refractivity contribution is -0.143. The number of aryl methyl sites for hydroxylation is 1. The van der Waals surface area contributed by atoms with E-state index in [1.54, 1.807) is 39.0 Å². The second-order valence-electron chi connectivity index (χ2n) is 18.0. The number of piperidine rings is 2. The number of imide groups is 1. The summed E-state index contributed by atoms with van der Waals surface area (Å²) in [5.41, 5.74) is 5.85. The highest BCUT2D eigenvalue weighted by Gasteiger charge is 2.40. The zero-order valence-corrected chi connectivity index (χ0v) is 40.2. The molecule has 18 heteroatoms. The van der Waals surface area contributed by atoms with Crippen molar-refractivity contribution in [2.75, 3.05) is 75.2 Å². The molecule has 0 radical (unpaired) electrons. The Morgan fingerprint density at radius 3 is 2.42 bits per heavy atom. The number of ether oxygens (including phenoxy) is 2. The van der Waals surface area contributed by atoms with Gasteiger partial charge in [-0.15, -0.1) is 0 Å². The molecule has 3 N–H and O–H groups in total. The van der Waals surface area contributed by atoms with E-state index >= 15 is 0 Å². The van der Waals surface area contributed by atoms with Crippen molar-refractivity contribution < 1.29 is 28.4 Å². The topological polar surface area (TPSA) is 184 Å². The molecule has 2 aromatic heterocycles. The van der Waals surface area contributed by atoms with Crippen molar-refractivity contribution in [2.45, 2.75) is 69.9 Å². The van der Waals surface area contributed by atoms with E-state index in [1.807, 2.05) is 41.3 Å². The number of rotatable bonds is 13. The summed E-state index contributed by atoms with van der Waals surface area (Å²) in [6, 6.07) is 16.0.